The number of aromatic nitrogens is 1. The second kappa shape index (κ2) is 11.2. The number of ketones is 1. The van der Waals surface area contributed by atoms with Crippen LogP contribution in [-0.4, -0.2) is 33.9 Å². The summed E-state index contributed by atoms with van der Waals surface area (Å²) in [6.45, 7) is 5.71. The van der Waals surface area contributed by atoms with E-state index in [1.54, 1.807) is 6.08 Å². The van der Waals surface area contributed by atoms with Crippen LogP contribution in [0.25, 0.3) is 0 Å². The van der Waals surface area contributed by atoms with Crippen LogP contribution < -0.4 is 0 Å². The number of carbonyl (C=O) groups excluding carboxylic acids is 1. The smallest absolute Gasteiger partial charge is 0.417 e. The first kappa shape index (κ1) is 24.0. The van der Waals surface area contributed by atoms with Crippen LogP contribution >= 0.6 is 11.8 Å². The molecule has 0 saturated heterocycles. The highest BCUT2D eigenvalue weighted by atomic mass is 32.2. The average Bonchev–Trinajstić information content (AvgIpc) is 2.67. The van der Waals surface area contributed by atoms with Gasteiger partial charge in [-0.05, 0) is 36.6 Å². The van der Waals surface area contributed by atoms with Crippen LogP contribution in [0, 0.1) is 5.92 Å². The number of carbonyl (C=O) groups is 1. The number of hydrogen-bond acceptors (Lipinski definition) is 6. The zero-order chi connectivity index (χ0) is 22.1. The summed E-state index contributed by atoms with van der Waals surface area (Å²) in [5.41, 5.74) is -0.0909. The largest absolute Gasteiger partial charge is 0.511 e. The van der Waals surface area contributed by atoms with Gasteiger partial charge < -0.3 is 9.94 Å². The molecule has 1 N–H and O–H groups in total. The molecule has 0 fully saturated rings. The van der Waals surface area contributed by atoms with Crippen LogP contribution in [0.4, 0.5) is 13.2 Å². The van der Waals surface area contributed by atoms with Crippen LogP contribution in [0.15, 0.2) is 52.5 Å². The monoisotopic (exact) mass is 442 g/mol. The molecular formula is C21H25F3N2O3S. The summed E-state index contributed by atoms with van der Waals surface area (Å²) in [5, 5.41) is 14.9. The van der Waals surface area contributed by atoms with E-state index >= 15 is 0 Å². The maximum atomic E-state index is 12.6. The van der Waals surface area contributed by atoms with E-state index in [1.165, 1.54) is 17.8 Å². The van der Waals surface area contributed by atoms with Gasteiger partial charge in [-0.1, -0.05) is 31.2 Å². The Kier molecular flexibility index (Phi) is 8.95. The average molecular weight is 443 g/mol. The summed E-state index contributed by atoms with van der Waals surface area (Å²) in [6.07, 6.45) is 0.486. The van der Waals surface area contributed by atoms with Gasteiger partial charge in [-0.15, -0.1) is 11.8 Å². The fraction of sp³-hybridized carbons (Fsp3) is 0.476. The van der Waals surface area contributed by atoms with Crippen LogP contribution in [0.1, 0.15) is 44.6 Å². The van der Waals surface area contributed by atoms with Crippen molar-refractivity contribution in [1.29, 1.82) is 0 Å². The van der Waals surface area contributed by atoms with Crippen LogP contribution in [0.2, 0.25) is 0 Å². The molecular weight excluding hydrogens is 417 g/mol. The van der Waals surface area contributed by atoms with Gasteiger partial charge in [0.25, 0.3) is 0 Å². The Hall–Kier alpha value is -2.29. The number of rotatable bonds is 10. The third-order valence-electron chi connectivity index (χ3n) is 4.51. The molecule has 30 heavy (non-hydrogen) atoms. The number of halogens is 3. The van der Waals surface area contributed by atoms with Crippen LogP contribution in [-0.2, 0) is 15.8 Å². The number of Topliss-reactive ketones (excluding diaryl/α,β-unsaturated/α-hetero) is 1. The van der Waals surface area contributed by atoms with E-state index in [1.807, 2.05) is 6.92 Å². The molecule has 164 valence electrons. The number of nitrogens with zero attached hydrogens (tertiary/aromatic N) is 2. The van der Waals surface area contributed by atoms with Gasteiger partial charge >= 0.3 is 6.18 Å². The number of oxime groups is 1. The van der Waals surface area contributed by atoms with E-state index in [0.29, 0.717) is 35.8 Å². The maximum Gasteiger partial charge on any atom is 0.417 e. The lowest BCUT2D eigenvalue weighted by molar-refractivity contribution is -0.137. The quantitative estimate of drug-likeness (QED) is 0.165. The normalized spacial score (nSPS) is 17.9. The second-order valence-corrected chi connectivity index (χ2v) is 8.03. The molecule has 1 aliphatic rings. The molecule has 0 aliphatic heterocycles. The molecule has 0 amide bonds. The highest BCUT2D eigenvalue weighted by molar-refractivity contribution is 7.99. The molecule has 0 aromatic carbocycles. The first-order chi connectivity index (χ1) is 14.3. The number of allylic oxidation sites excluding steroid dienone is 2. The lowest BCUT2D eigenvalue weighted by atomic mass is 9.83. The molecule has 1 aromatic rings. The number of thioether (sulfide) groups is 1. The Labute approximate surface area is 178 Å². The number of aliphatic hydroxyl groups is 1. The van der Waals surface area contributed by atoms with Crippen LogP contribution in [0.5, 0.6) is 0 Å². The van der Waals surface area contributed by atoms with Gasteiger partial charge in [0.15, 0.2) is 5.78 Å². The first-order valence-electron chi connectivity index (χ1n) is 9.67. The number of aliphatic hydroxyl groups excluding tert-OH is 1. The Morgan fingerprint density at radius 1 is 1.43 bits per heavy atom. The highest BCUT2D eigenvalue weighted by Crippen LogP contribution is 2.32. The topological polar surface area (TPSA) is 71.8 Å². The molecule has 0 bridgehead atoms. The molecule has 5 nitrogen and oxygen atoms in total. The Balaban J connectivity index is 1.95. The summed E-state index contributed by atoms with van der Waals surface area (Å²) < 4.78 is 37.8. The fourth-order valence-corrected chi connectivity index (χ4v) is 4.04. The first-order valence-corrected chi connectivity index (χ1v) is 10.7. The zero-order valence-electron chi connectivity index (χ0n) is 16.7. The van der Waals surface area contributed by atoms with Gasteiger partial charge in [0, 0.05) is 19.0 Å². The number of alkyl halides is 3. The van der Waals surface area contributed by atoms with Crippen molar-refractivity contribution >= 4 is 23.3 Å². The molecule has 1 atom stereocenters. The Morgan fingerprint density at radius 2 is 2.20 bits per heavy atom. The van der Waals surface area contributed by atoms with Crippen molar-refractivity contribution in [3.05, 3.63) is 47.9 Å². The van der Waals surface area contributed by atoms with E-state index in [9.17, 15) is 23.1 Å². The van der Waals surface area contributed by atoms with E-state index in [-0.39, 0.29) is 36.1 Å². The molecule has 1 unspecified atom stereocenters. The molecule has 2 rings (SSSR count). The SMILES string of the molecule is C=CCO/N=C(/CCC)C1=C(O)CC(CCSc2ccc(C(F)(F)F)cn2)CC1=O. The van der Waals surface area contributed by atoms with Gasteiger partial charge in [-0.3, -0.25) is 4.79 Å². The predicted molar refractivity (Wildman–Crippen MR) is 110 cm³/mol. The summed E-state index contributed by atoms with van der Waals surface area (Å²) >= 11 is 1.32. The van der Waals surface area contributed by atoms with E-state index in [4.69, 9.17) is 4.84 Å². The van der Waals surface area contributed by atoms with Crippen molar-refractivity contribution in [2.75, 3.05) is 12.4 Å². The number of hydrogen-bond donors (Lipinski definition) is 1. The van der Waals surface area contributed by atoms with Gasteiger partial charge in [-0.25, -0.2) is 4.98 Å². The van der Waals surface area contributed by atoms with Crippen molar-refractivity contribution in [1.82, 2.24) is 4.98 Å². The van der Waals surface area contributed by atoms with Crippen molar-refractivity contribution in [2.45, 2.75) is 50.2 Å². The molecule has 1 heterocycles. The predicted octanol–water partition coefficient (Wildman–Crippen LogP) is 5.73. The molecule has 0 saturated carbocycles. The van der Waals surface area contributed by atoms with Gasteiger partial charge in [0.05, 0.1) is 21.9 Å². The summed E-state index contributed by atoms with van der Waals surface area (Å²) in [4.78, 5) is 21.6. The van der Waals surface area contributed by atoms with Crippen molar-refractivity contribution in [3.63, 3.8) is 0 Å². The van der Waals surface area contributed by atoms with Crippen molar-refractivity contribution < 1.29 is 27.9 Å². The lowest BCUT2D eigenvalue weighted by Crippen LogP contribution is -2.25. The van der Waals surface area contributed by atoms with E-state index in [0.717, 1.165) is 18.7 Å². The second-order valence-electron chi connectivity index (χ2n) is 6.91. The molecule has 0 spiro atoms. The van der Waals surface area contributed by atoms with Gasteiger partial charge in [-0.2, -0.15) is 13.2 Å². The van der Waals surface area contributed by atoms with Gasteiger partial charge in [0.1, 0.15) is 12.4 Å². The Bertz CT molecular complexity index is 805. The Morgan fingerprint density at radius 3 is 2.77 bits per heavy atom. The molecule has 0 radical (unpaired) electrons. The molecule has 1 aromatic heterocycles. The third-order valence-corrected chi connectivity index (χ3v) is 5.48. The maximum absolute atomic E-state index is 12.6. The van der Waals surface area contributed by atoms with Crippen LogP contribution in [0.3, 0.4) is 0 Å². The summed E-state index contributed by atoms with van der Waals surface area (Å²) in [5.74, 6) is 0.386. The molecule has 1 aliphatic carbocycles. The summed E-state index contributed by atoms with van der Waals surface area (Å²) in [6, 6.07) is 2.34. The molecule has 9 heteroatoms. The summed E-state index contributed by atoms with van der Waals surface area (Å²) in [7, 11) is 0. The van der Waals surface area contributed by atoms with E-state index < -0.39 is 11.7 Å². The standard InChI is InChI=1S/C21H25F3N2O3S/c1-3-5-16(26-29-9-4-2)20-17(27)11-14(12-18(20)28)8-10-30-19-7-6-15(13-25-19)21(22,23)24/h4,6-7,13-14,27H,2-3,5,8-12H2,1H3/b26-16-. The minimum absolute atomic E-state index is 0.0170. The van der Waals surface area contributed by atoms with E-state index in [2.05, 4.69) is 16.7 Å². The highest BCUT2D eigenvalue weighted by Gasteiger charge is 2.31. The minimum Gasteiger partial charge on any atom is -0.511 e. The fourth-order valence-electron chi connectivity index (χ4n) is 3.09. The van der Waals surface area contributed by atoms with Gasteiger partial charge in [0.2, 0.25) is 0 Å². The minimum atomic E-state index is -4.41. The van der Waals surface area contributed by atoms with Crippen molar-refractivity contribution in [2.24, 2.45) is 11.1 Å². The number of pyridine rings is 1. The van der Waals surface area contributed by atoms with Crippen molar-refractivity contribution in [3.8, 4) is 0 Å². The third kappa shape index (κ3) is 6.90. The zero-order valence-corrected chi connectivity index (χ0v) is 17.6. The lowest BCUT2D eigenvalue weighted by Gasteiger charge is -2.23.